The normalized spacial score (nSPS) is 14.8. The van der Waals surface area contributed by atoms with Gasteiger partial charge in [-0.15, -0.1) is 0 Å². The maximum atomic E-state index is 10.9. The highest BCUT2D eigenvalue weighted by atomic mass is 16.4. The lowest BCUT2D eigenvalue weighted by Gasteiger charge is -2.29. The smallest absolute Gasteiger partial charge is 0.0998 e. The van der Waals surface area contributed by atoms with Gasteiger partial charge in [0.15, 0.2) is 0 Å². The Balaban J connectivity index is 1.87. The molecule has 1 aliphatic rings. The quantitative estimate of drug-likeness (QED) is 0.629. The van der Waals surface area contributed by atoms with Gasteiger partial charge in [-0.1, -0.05) is 30.3 Å². The van der Waals surface area contributed by atoms with Crippen LogP contribution in [0.4, 0.5) is 5.69 Å². The van der Waals surface area contributed by atoms with Crippen LogP contribution >= 0.6 is 0 Å². The summed E-state index contributed by atoms with van der Waals surface area (Å²) < 4.78 is 0. The predicted molar refractivity (Wildman–Crippen MR) is 101 cm³/mol. The van der Waals surface area contributed by atoms with E-state index >= 15 is 0 Å². The molecule has 132 valence electrons. The standard InChI is InChI=1S/C22H22N2O2/c1-16-13-21(24-11-3-2-4-12-24)10-9-19(16)14-20(15-23)17-5-7-18(8-6-17)22(25)26/h5-10,13-14H,2-4,11-12H2,1H3,(H,25,26)/p-1/b20-14-. The summed E-state index contributed by atoms with van der Waals surface area (Å²) in [5.41, 5.74) is 4.64. The summed E-state index contributed by atoms with van der Waals surface area (Å²) in [5.74, 6) is -1.22. The number of nitriles is 1. The zero-order valence-corrected chi connectivity index (χ0v) is 14.9. The van der Waals surface area contributed by atoms with Crippen molar-refractivity contribution in [2.24, 2.45) is 0 Å². The van der Waals surface area contributed by atoms with E-state index in [4.69, 9.17) is 0 Å². The summed E-state index contributed by atoms with van der Waals surface area (Å²) in [6.45, 7) is 4.25. The van der Waals surface area contributed by atoms with Gasteiger partial charge in [-0.25, -0.2) is 0 Å². The van der Waals surface area contributed by atoms with Crippen molar-refractivity contribution in [1.29, 1.82) is 5.26 Å². The molecule has 1 aliphatic heterocycles. The van der Waals surface area contributed by atoms with Crippen molar-refractivity contribution >= 4 is 23.3 Å². The van der Waals surface area contributed by atoms with Gasteiger partial charge in [-0.3, -0.25) is 0 Å². The van der Waals surface area contributed by atoms with E-state index in [2.05, 4.69) is 23.1 Å². The Hall–Kier alpha value is -3.06. The predicted octanol–water partition coefficient (Wildman–Crippen LogP) is 3.41. The van der Waals surface area contributed by atoms with Gasteiger partial charge in [-0.2, -0.15) is 5.26 Å². The second-order valence-corrected chi connectivity index (χ2v) is 6.62. The lowest BCUT2D eigenvalue weighted by molar-refractivity contribution is -0.255. The van der Waals surface area contributed by atoms with E-state index in [0.29, 0.717) is 11.1 Å². The van der Waals surface area contributed by atoms with Crippen LogP contribution in [0, 0.1) is 18.3 Å². The van der Waals surface area contributed by atoms with Crippen molar-refractivity contribution in [3.8, 4) is 6.07 Å². The molecule has 0 bridgehead atoms. The average Bonchev–Trinajstić information content (AvgIpc) is 2.68. The molecule has 2 aromatic carbocycles. The SMILES string of the molecule is Cc1cc(N2CCCCC2)ccc1/C=C(/C#N)c1ccc(C(=O)[O-])cc1. The molecule has 0 aromatic heterocycles. The molecule has 4 heteroatoms. The van der Waals surface area contributed by atoms with Crippen molar-refractivity contribution in [2.75, 3.05) is 18.0 Å². The highest BCUT2D eigenvalue weighted by Gasteiger charge is 2.12. The van der Waals surface area contributed by atoms with Crippen molar-refractivity contribution < 1.29 is 9.90 Å². The molecule has 26 heavy (non-hydrogen) atoms. The molecule has 0 atom stereocenters. The van der Waals surface area contributed by atoms with Gasteiger partial charge in [0.2, 0.25) is 0 Å². The van der Waals surface area contributed by atoms with Crippen LogP contribution in [0.1, 0.15) is 46.3 Å². The fraction of sp³-hybridized carbons (Fsp3) is 0.273. The minimum absolute atomic E-state index is 0.105. The molecule has 0 unspecified atom stereocenters. The molecule has 1 fully saturated rings. The maximum absolute atomic E-state index is 10.9. The minimum atomic E-state index is -1.22. The van der Waals surface area contributed by atoms with Crippen LogP contribution in [0.2, 0.25) is 0 Å². The van der Waals surface area contributed by atoms with Crippen LogP contribution in [0.25, 0.3) is 11.6 Å². The molecule has 0 spiro atoms. The van der Waals surface area contributed by atoms with Crippen LogP contribution in [-0.4, -0.2) is 19.1 Å². The fourth-order valence-electron chi connectivity index (χ4n) is 3.29. The molecule has 1 heterocycles. The molecular weight excluding hydrogens is 324 g/mol. The largest absolute Gasteiger partial charge is 0.545 e. The van der Waals surface area contributed by atoms with Gasteiger partial charge in [0.1, 0.15) is 0 Å². The van der Waals surface area contributed by atoms with E-state index in [9.17, 15) is 15.2 Å². The Morgan fingerprint density at radius 3 is 2.31 bits per heavy atom. The van der Waals surface area contributed by atoms with E-state index in [-0.39, 0.29) is 5.56 Å². The molecule has 3 rings (SSSR count). The summed E-state index contributed by atoms with van der Waals surface area (Å²) in [7, 11) is 0. The Morgan fingerprint density at radius 2 is 1.73 bits per heavy atom. The van der Waals surface area contributed by atoms with Crippen LogP contribution in [0.5, 0.6) is 0 Å². The lowest BCUT2D eigenvalue weighted by Crippen LogP contribution is -2.29. The number of aromatic carboxylic acids is 1. The zero-order chi connectivity index (χ0) is 18.5. The van der Waals surface area contributed by atoms with Crippen molar-refractivity contribution in [3.63, 3.8) is 0 Å². The number of carboxylic acids is 1. The first-order chi connectivity index (χ1) is 12.6. The molecule has 0 saturated carbocycles. The third-order valence-corrected chi connectivity index (χ3v) is 4.83. The molecule has 0 amide bonds. The van der Waals surface area contributed by atoms with Gasteiger partial charge < -0.3 is 14.8 Å². The monoisotopic (exact) mass is 345 g/mol. The number of carbonyl (C=O) groups excluding carboxylic acids is 1. The average molecular weight is 345 g/mol. The van der Waals surface area contributed by atoms with Gasteiger partial charge in [0.05, 0.1) is 17.6 Å². The molecule has 0 N–H and O–H groups in total. The number of allylic oxidation sites excluding steroid dienone is 1. The summed E-state index contributed by atoms with van der Waals surface area (Å²) in [6, 6.07) is 14.7. The molecule has 0 aliphatic carbocycles. The van der Waals surface area contributed by atoms with E-state index in [1.807, 2.05) is 19.1 Å². The second-order valence-electron chi connectivity index (χ2n) is 6.62. The number of piperidine rings is 1. The number of benzene rings is 2. The summed E-state index contributed by atoms with van der Waals surface area (Å²) in [4.78, 5) is 13.3. The third-order valence-electron chi connectivity index (χ3n) is 4.83. The first-order valence-corrected chi connectivity index (χ1v) is 8.87. The Labute approximate surface area is 154 Å². The van der Waals surface area contributed by atoms with Gasteiger partial charge in [-0.05, 0) is 66.6 Å². The molecule has 1 saturated heterocycles. The van der Waals surface area contributed by atoms with Crippen LogP contribution in [0.3, 0.4) is 0 Å². The summed E-state index contributed by atoms with van der Waals surface area (Å²) in [6.07, 6.45) is 5.63. The number of anilines is 1. The van der Waals surface area contributed by atoms with E-state index in [0.717, 1.165) is 24.2 Å². The fourth-order valence-corrected chi connectivity index (χ4v) is 3.29. The number of carbonyl (C=O) groups is 1. The zero-order valence-electron chi connectivity index (χ0n) is 14.9. The highest BCUT2D eigenvalue weighted by Crippen LogP contribution is 2.25. The number of carboxylic acid groups (broad SMARTS) is 1. The topological polar surface area (TPSA) is 67.2 Å². The van der Waals surface area contributed by atoms with Crippen LogP contribution < -0.4 is 10.0 Å². The second kappa shape index (κ2) is 7.88. The Morgan fingerprint density at radius 1 is 1.08 bits per heavy atom. The van der Waals surface area contributed by atoms with Crippen LogP contribution in [0.15, 0.2) is 42.5 Å². The molecule has 2 aromatic rings. The Kier molecular flexibility index (Phi) is 5.38. The van der Waals surface area contributed by atoms with Crippen molar-refractivity contribution in [2.45, 2.75) is 26.2 Å². The number of nitrogens with zero attached hydrogens (tertiary/aromatic N) is 2. The number of rotatable bonds is 4. The molecular formula is C22H21N2O2-. The highest BCUT2D eigenvalue weighted by molar-refractivity contribution is 5.92. The van der Waals surface area contributed by atoms with E-state index < -0.39 is 5.97 Å². The van der Waals surface area contributed by atoms with Crippen molar-refractivity contribution in [3.05, 3.63) is 64.7 Å². The number of aryl methyl sites for hydroxylation is 1. The maximum Gasteiger partial charge on any atom is 0.0998 e. The minimum Gasteiger partial charge on any atom is -0.545 e. The van der Waals surface area contributed by atoms with Crippen LogP contribution in [-0.2, 0) is 0 Å². The first-order valence-electron chi connectivity index (χ1n) is 8.87. The number of hydrogen-bond acceptors (Lipinski definition) is 4. The Bertz CT molecular complexity index is 870. The summed E-state index contributed by atoms with van der Waals surface area (Å²) >= 11 is 0. The van der Waals surface area contributed by atoms with Crippen molar-refractivity contribution in [1.82, 2.24) is 0 Å². The third kappa shape index (κ3) is 3.94. The first kappa shape index (κ1) is 17.8. The lowest BCUT2D eigenvalue weighted by atomic mass is 9.99. The molecule has 0 radical (unpaired) electrons. The molecule has 4 nitrogen and oxygen atoms in total. The van der Waals surface area contributed by atoms with E-state index in [1.54, 1.807) is 12.1 Å². The van der Waals surface area contributed by atoms with Gasteiger partial charge in [0.25, 0.3) is 0 Å². The van der Waals surface area contributed by atoms with E-state index in [1.165, 1.54) is 37.1 Å². The van der Waals surface area contributed by atoms with Gasteiger partial charge >= 0.3 is 0 Å². The summed E-state index contributed by atoms with van der Waals surface area (Å²) in [5, 5.41) is 20.4. The van der Waals surface area contributed by atoms with Gasteiger partial charge in [0, 0.05) is 18.8 Å². The number of hydrogen-bond donors (Lipinski definition) is 0.